The first kappa shape index (κ1) is 12.9. The molecular weight excluding hydrogens is 264 g/mol. The van der Waals surface area contributed by atoms with Crippen LogP contribution in [0, 0.1) is 18.3 Å². The Kier molecular flexibility index (Phi) is 4.24. The molecule has 1 aromatic carbocycles. The molecule has 4 heteroatoms. The number of thiophene rings is 1. The van der Waals surface area contributed by atoms with E-state index in [1.165, 1.54) is 4.88 Å². The zero-order chi connectivity index (χ0) is 13.0. The van der Waals surface area contributed by atoms with Crippen LogP contribution < -0.4 is 5.32 Å². The molecule has 92 valence electrons. The molecule has 0 aliphatic carbocycles. The lowest BCUT2D eigenvalue weighted by molar-refractivity contribution is 1.04. The smallest absolute Gasteiger partial charge is 0.101 e. The number of hydrogen-bond acceptors (Lipinski definition) is 3. The predicted molar refractivity (Wildman–Crippen MR) is 77.4 cm³/mol. The minimum absolute atomic E-state index is 0.685. The molecule has 1 aromatic heterocycles. The monoisotopic (exact) mass is 276 g/mol. The van der Waals surface area contributed by atoms with Crippen LogP contribution >= 0.6 is 22.9 Å². The van der Waals surface area contributed by atoms with Gasteiger partial charge < -0.3 is 5.32 Å². The number of nitriles is 1. The second-order valence-electron chi connectivity index (χ2n) is 4.04. The van der Waals surface area contributed by atoms with E-state index < -0.39 is 0 Å². The number of halogens is 1. The molecule has 0 fully saturated rings. The number of nitrogens with zero attached hydrogens (tertiary/aromatic N) is 1. The molecule has 0 amide bonds. The van der Waals surface area contributed by atoms with Gasteiger partial charge in [0.15, 0.2) is 0 Å². The molecule has 0 atom stereocenters. The first-order valence-corrected chi connectivity index (χ1v) is 6.87. The first-order valence-electron chi connectivity index (χ1n) is 5.68. The van der Waals surface area contributed by atoms with E-state index in [0.29, 0.717) is 5.56 Å². The standard InChI is InChI=1S/C14H13ClN2S/c1-10-2-3-11(9-16)13(8-10)17-7-6-12-4-5-14(15)18-12/h2-5,8,17H,6-7H2,1H3. The zero-order valence-electron chi connectivity index (χ0n) is 10.0. The Hall–Kier alpha value is -1.50. The van der Waals surface area contributed by atoms with Gasteiger partial charge in [-0.15, -0.1) is 11.3 Å². The molecule has 0 aliphatic rings. The number of rotatable bonds is 4. The molecule has 1 N–H and O–H groups in total. The van der Waals surface area contributed by atoms with Gasteiger partial charge in [0.05, 0.1) is 15.6 Å². The van der Waals surface area contributed by atoms with Crippen molar-refractivity contribution in [3.63, 3.8) is 0 Å². The van der Waals surface area contributed by atoms with Crippen LogP contribution in [0.2, 0.25) is 4.34 Å². The fourth-order valence-electron chi connectivity index (χ4n) is 1.71. The van der Waals surface area contributed by atoms with E-state index in [-0.39, 0.29) is 0 Å². The molecule has 0 saturated carbocycles. The Labute approximate surface area is 116 Å². The summed E-state index contributed by atoms with van der Waals surface area (Å²) in [7, 11) is 0. The number of anilines is 1. The van der Waals surface area contributed by atoms with Crippen molar-refractivity contribution >= 4 is 28.6 Å². The SMILES string of the molecule is Cc1ccc(C#N)c(NCCc2ccc(Cl)s2)c1. The first-order chi connectivity index (χ1) is 8.69. The molecule has 0 bridgehead atoms. The van der Waals surface area contributed by atoms with Gasteiger partial charge in [0.1, 0.15) is 6.07 Å². The van der Waals surface area contributed by atoms with Gasteiger partial charge in [-0.05, 0) is 43.2 Å². The molecule has 18 heavy (non-hydrogen) atoms. The summed E-state index contributed by atoms with van der Waals surface area (Å²) < 4.78 is 0.818. The Morgan fingerprint density at radius 3 is 2.83 bits per heavy atom. The van der Waals surface area contributed by atoms with Gasteiger partial charge >= 0.3 is 0 Å². The van der Waals surface area contributed by atoms with Gasteiger partial charge in [0.25, 0.3) is 0 Å². The topological polar surface area (TPSA) is 35.8 Å². The maximum atomic E-state index is 9.02. The lowest BCUT2D eigenvalue weighted by Gasteiger charge is -2.08. The second kappa shape index (κ2) is 5.90. The van der Waals surface area contributed by atoms with Crippen LogP contribution in [0.1, 0.15) is 16.0 Å². The highest BCUT2D eigenvalue weighted by Gasteiger charge is 2.02. The van der Waals surface area contributed by atoms with E-state index in [4.69, 9.17) is 16.9 Å². The van der Waals surface area contributed by atoms with Gasteiger partial charge in [0.2, 0.25) is 0 Å². The third-order valence-electron chi connectivity index (χ3n) is 2.61. The minimum atomic E-state index is 0.685. The third-order valence-corrected chi connectivity index (χ3v) is 3.90. The summed E-state index contributed by atoms with van der Waals surface area (Å²) >= 11 is 7.48. The van der Waals surface area contributed by atoms with Crippen molar-refractivity contribution in [2.45, 2.75) is 13.3 Å². The minimum Gasteiger partial charge on any atom is -0.384 e. The van der Waals surface area contributed by atoms with Crippen LogP contribution in [0.3, 0.4) is 0 Å². The average molecular weight is 277 g/mol. The van der Waals surface area contributed by atoms with Crippen molar-refractivity contribution in [2.75, 3.05) is 11.9 Å². The zero-order valence-corrected chi connectivity index (χ0v) is 11.6. The average Bonchev–Trinajstić information content (AvgIpc) is 2.75. The van der Waals surface area contributed by atoms with Crippen LogP contribution in [-0.2, 0) is 6.42 Å². The molecule has 0 radical (unpaired) electrons. The quantitative estimate of drug-likeness (QED) is 0.907. The summed E-state index contributed by atoms with van der Waals surface area (Å²) in [6.45, 7) is 2.82. The third kappa shape index (κ3) is 3.25. The molecule has 0 spiro atoms. The van der Waals surface area contributed by atoms with E-state index in [1.807, 2.05) is 37.3 Å². The van der Waals surface area contributed by atoms with Gasteiger partial charge in [-0.1, -0.05) is 17.7 Å². The summed E-state index contributed by atoms with van der Waals surface area (Å²) in [5, 5.41) is 12.3. The van der Waals surface area contributed by atoms with Crippen molar-refractivity contribution in [1.29, 1.82) is 5.26 Å². The fraction of sp³-hybridized carbons (Fsp3) is 0.214. The molecule has 2 nitrogen and oxygen atoms in total. The number of nitrogens with one attached hydrogen (secondary N) is 1. The van der Waals surface area contributed by atoms with Gasteiger partial charge in [-0.2, -0.15) is 5.26 Å². The Balaban J connectivity index is 1.98. The highest BCUT2D eigenvalue weighted by molar-refractivity contribution is 7.16. The van der Waals surface area contributed by atoms with Gasteiger partial charge in [-0.3, -0.25) is 0 Å². The van der Waals surface area contributed by atoms with Crippen LogP contribution in [0.4, 0.5) is 5.69 Å². The maximum Gasteiger partial charge on any atom is 0.101 e. The molecular formula is C14H13ClN2S. The second-order valence-corrected chi connectivity index (χ2v) is 5.84. The Morgan fingerprint density at radius 1 is 1.33 bits per heavy atom. The summed E-state index contributed by atoms with van der Waals surface area (Å²) in [6.07, 6.45) is 0.913. The van der Waals surface area contributed by atoms with Crippen molar-refractivity contribution in [3.8, 4) is 6.07 Å². The molecule has 2 rings (SSSR count). The number of hydrogen-bond donors (Lipinski definition) is 1. The van der Waals surface area contributed by atoms with Crippen molar-refractivity contribution in [2.24, 2.45) is 0 Å². The van der Waals surface area contributed by atoms with E-state index in [1.54, 1.807) is 11.3 Å². The van der Waals surface area contributed by atoms with Crippen molar-refractivity contribution in [3.05, 3.63) is 50.7 Å². The Morgan fingerprint density at radius 2 is 2.17 bits per heavy atom. The molecule has 2 aromatic rings. The Bertz CT molecular complexity index is 584. The summed E-state index contributed by atoms with van der Waals surface area (Å²) in [5.41, 5.74) is 2.74. The molecule has 0 saturated heterocycles. The normalized spacial score (nSPS) is 10.1. The van der Waals surface area contributed by atoms with E-state index in [2.05, 4.69) is 11.4 Å². The largest absolute Gasteiger partial charge is 0.384 e. The molecule has 0 aliphatic heterocycles. The molecule has 1 heterocycles. The van der Waals surface area contributed by atoms with E-state index >= 15 is 0 Å². The van der Waals surface area contributed by atoms with E-state index in [9.17, 15) is 0 Å². The number of benzene rings is 1. The predicted octanol–water partition coefficient (Wildman–Crippen LogP) is 4.24. The van der Waals surface area contributed by atoms with Crippen LogP contribution in [0.25, 0.3) is 0 Å². The lowest BCUT2D eigenvalue weighted by Crippen LogP contribution is -2.05. The molecule has 0 unspecified atom stereocenters. The summed E-state index contributed by atoms with van der Waals surface area (Å²) in [6, 6.07) is 11.9. The van der Waals surface area contributed by atoms with E-state index in [0.717, 1.165) is 28.6 Å². The van der Waals surface area contributed by atoms with Crippen LogP contribution in [0.15, 0.2) is 30.3 Å². The fourth-order valence-corrected chi connectivity index (χ4v) is 2.80. The van der Waals surface area contributed by atoms with Crippen LogP contribution in [0.5, 0.6) is 0 Å². The van der Waals surface area contributed by atoms with Gasteiger partial charge in [0, 0.05) is 11.4 Å². The van der Waals surface area contributed by atoms with Crippen molar-refractivity contribution < 1.29 is 0 Å². The highest BCUT2D eigenvalue weighted by Crippen LogP contribution is 2.22. The summed E-state index contributed by atoms with van der Waals surface area (Å²) in [4.78, 5) is 1.25. The van der Waals surface area contributed by atoms with Crippen molar-refractivity contribution in [1.82, 2.24) is 0 Å². The number of aryl methyl sites for hydroxylation is 1. The lowest BCUT2D eigenvalue weighted by atomic mass is 10.1. The van der Waals surface area contributed by atoms with Gasteiger partial charge in [-0.25, -0.2) is 0 Å². The maximum absolute atomic E-state index is 9.02. The highest BCUT2D eigenvalue weighted by atomic mass is 35.5. The summed E-state index contributed by atoms with van der Waals surface area (Å²) in [5.74, 6) is 0. The van der Waals surface area contributed by atoms with Crippen LogP contribution in [-0.4, -0.2) is 6.54 Å².